The first-order valence-corrected chi connectivity index (χ1v) is 6.04. The van der Waals surface area contributed by atoms with Gasteiger partial charge in [-0.2, -0.15) is 5.10 Å². The van der Waals surface area contributed by atoms with Crippen LogP contribution in [0, 0.1) is 0 Å². The third-order valence-electron chi connectivity index (χ3n) is 3.41. The topological polar surface area (TPSA) is 70.5 Å². The molecular formula is C11H15N5O2. The Kier molecular flexibility index (Phi) is 2.75. The molecule has 0 unspecified atom stereocenters. The Morgan fingerprint density at radius 2 is 2.17 bits per heavy atom. The number of hydrogen-bond acceptors (Lipinski definition) is 4. The Bertz CT molecular complexity index is 436. The van der Waals surface area contributed by atoms with Crippen molar-refractivity contribution >= 4 is 11.9 Å². The van der Waals surface area contributed by atoms with Gasteiger partial charge in [-0.1, -0.05) is 0 Å². The monoisotopic (exact) mass is 249 g/mol. The molecule has 1 aromatic rings. The van der Waals surface area contributed by atoms with Crippen LogP contribution >= 0.6 is 0 Å². The summed E-state index contributed by atoms with van der Waals surface area (Å²) in [7, 11) is 0. The Morgan fingerprint density at radius 3 is 2.78 bits per heavy atom. The van der Waals surface area contributed by atoms with Gasteiger partial charge in [0.2, 0.25) is 5.91 Å². The molecule has 0 aromatic carbocycles. The van der Waals surface area contributed by atoms with E-state index in [-0.39, 0.29) is 18.5 Å². The molecule has 2 saturated heterocycles. The number of aromatic nitrogens is 2. The fourth-order valence-electron chi connectivity index (χ4n) is 2.31. The Hall–Kier alpha value is -1.89. The number of hydrogen-bond donors (Lipinski definition) is 1. The third kappa shape index (κ3) is 1.97. The van der Waals surface area contributed by atoms with Crippen LogP contribution in [0.25, 0.3) is 0 Å². The summed E-state index contributed by atoms with van der Waals surface area (Å²) in [5.74, 6) is -0.135. The van der Waals surface area contributed by atoms with Gasteiger partial charge in [-0.05, 0) is 6.07 Å². The quantitative estimate of drug-likeness (QED) is 0.716. The normalized spacial score (nSPS) is 21.2. The molecule has 0 radical (unpaired) electrons. The van der Waals surface area contributed by atoms with E-state index in [9.17, 15) is 9.59 Å². The summed E-state index contributed by atoms with van der Waals surface area (Å²) in [4.78, 5) is 26.2. The van der Waals surface area contributed by atoms with Gasteiger partial charge in [-0.3, -0.25) is 19.3 Å². The number of carbonyl (C=O) groups is 2. The van der Waals surface area contributed by atoms with Crippen molar-refractivity contribution in [3.8, 4) is 0 Å². The number of amides is 3. The molecule has 1 aromatic heterocycles. The predicted molar refractivity (Wildman–Crippen MR) is 62.8 cm³/mol. The lowest BCUT2D eigenvalue weighted by molar-refractivity contribution is -0.125. The molecule has 3 rings (SSSR count). The van der Waals surface area contributed by atoms with Gasteiger partial charge in [0.25, 0.3) is 0 Å². The third-order valence-corrected chi connectivity index (χ3v) is 3.41. The van der Waals surface area contributed by atoms with Crippen LogP contribution in [0.3, 0.4) is 0 Å². The lowest BCUT2D eigenvalue weighted by atomic mass is 10.1. The fraction of sp³-hybridized carbons (Fsp3) is 0.545. The van der Waals surface area contributed by atoms with Gasteiger partial charge in [0.15, 0.2) is 0 Å². The van der Waals surface area contributed by atoms with Crippen molar-refractivity contribution in [3.63, 3.8) is 0 Å². The number of rotatable bonds is 4. The first kappa shape index (κ1) is 11.2. The number of likely N-dealkylation sites (tertiary alicyclic amines) is 1. The lowest BCUT2D eigenvalue weighted by Gasteiger charge is -2.39. The molecule has 18 heavy (non-hydrogen) atoms. The molecule has 7 heteroatoms. The summed E-state index contributed by atoms with van der Waals surface area (Å²) in [6.45, 7) is 3.18. The van der Waals surface area contributed by atoms with Crippen molar-refractivity contribution in [2.45, 2.75) is 6.04 Å². The maximum atomic E-state index is 11.4. The molecule has 0 saturated carbocycles. The van der Waals surface area contributed by atoms with Gasteiger partial charge < -0.3 is 5.32 Å². The summed E-state index contributed by atoms with van der Waals surface area (Å²) < 4.78 is 1.95. The second-order valence-corrected chi connectivity index (χ2v) is 4.60. The number of nitrogens with one attached hydrogen (secondary N) is 1. The van der Waals surface area contributed by atoms with Crippen molar-refractivity contribution < 1.29 is 9.59 Å². The average molecular weight is 249 g/mol. The minimum atomic E-state index is -0.274. The van der Waals surface area contributed by atoms with Crippen molar-refractivity contribution in [2.75, 3.05) is 32.7 Å². The van der Waals surface area contributed by atoms with Gasteiger partial charge in [-0.25, -0.2) is 4.79 Å². The number of nitrogens with zero attached hydrogens (tertiary/aromatic N) is 4. The summed E-state index contributed by atoms with van der Waals surface area (Å²) in [6.07, 6.45) is 3.73. The summed E-state index contributed by atoms with van der Waals surface area (Å²) >= 11 is 0. The SMILES string of the molecule is O=C1CNC(=O)N1CCN1CC(n2cccn2)C1. The van der Waals surface area contributed by atoms with E-state index in [0.29, 0.717) is 12.6 Å². The number of imide groups is 1. The molecule has 96 valence electrons. The van der Waals surface area contributed by atoms with Crippen LogP contribution in [0.15, 0.2) is 18.5 Å². The smallest absolute Gasteiger partial charge is 0.324 e. The highest BCUT2D eigenvalue weighted by Gasteiger charge is 2.32. The van der Waals surface area contributed by atoms with Crippen LogP contribution in [-0.2, 0) is 4.79 Å². The van der Waals surface area contributed by atoms with Crippen LogP contribution in [0.2, 0.25) is 0 Å². The molecule has 2 aliphatic rings. The van der Waals surface area contributed by atoms with E-state index in [0.717, 1.165) is 19.6 Å². The van der Waals surface area contributed by atoms with Crippen LogP contribution in [-0.4, -0.2) is 64.2 Å². The van der Waals surface area contributed by atoms with Crippen LogP contribution in [0.5, 0.6) is 0 Å². The Labute approximate surface area is 104 Å². The van der Waals surface area contributed by atoms with E-state index >= 15 is 0 Å². The minimum Gasteiger partial charge on any atom is -0.329 e. The zero-order valence-corrected chi connectivity index (χ0v) is 9.95. The van der Waals surface area contributed by atoms with Crippen molar-refractivity contribution in [2.24, 2.45) is 0 Å². The minimum absolute atomic E-state index is 0.134. The van der Waals surface area contributed by atoms with Crippen molar-refractivity contribution in [1.29, 1.82) is 0 Å². The summed E-state index contributed by atoms with van der Waals surface area (Å²) in [5.41, 5.74) is 0. The molecule has 7 nitrogen and oxygen atoms in total. The standard InChI is InChI=1S/C11H15N5O2/c17-10-6-12-11(18)15(10)5-4-14-7-9(8-14)16-3-1-2-13-16/h1-3,9H,4-8H2,(H,12,18). The van der Waals surface area contributed by atoms with Gasteiger partial charge in [0, 0.05) is 38.6 Å². The first-order chi connectivity index (χ1) is 8.74. The second kappa shape index (κ2) is 4.41. The highest BCUT2D eigenvalue weighted by molar-refractivity contribution is 6.01. The number of carbonyl (C=O) groups excluding carboxylic acids is 2. The second-order valence-electron chi connectivity index (χ2n) is 4.60. The zero-order chi connectivity index (χ0) is 12.5. The molecular weight excluding hydrogens is 234 g/mol. The molecule has 0 aliphatic carbocycles. The first-order valence-electron chi connectivity index (χ1n) is 6.04. The van der Waals surface area contributed by atoms with Gasteiger partial charge in [0.05, 0.1) is 12.6 Å². The van der Waals surface area contributed by atoms with E-state index in [1.165, 1.54) is 4.90 Å². The van der Waals surface area contributed by atoms with E-state index in [2.05, 4.69) is 15.3 Å². The molecule has 3 heterocycles. The number of urea groups is 1. The molecule has 2 aliphatic heterocycles. The summed E-state index contributed by atoms with van der Waals surface area (Å²) in [5, 5.41) is 6.71. The van der Waals surface area contributed by atoms with Crippen LogP contribution < -0.4 is 5.32 Å². The molecule has 0 bridgehead atoms. The van der Waals surface area contributed by atoms with E-state index in [1.807, 2.05) is 16.9 Å². The molecule has 2 fully saturated rings. The van der Waals surface area contributed by atoms with Gasteiger partial charge >= 0.3 is 6.03 Å². The Balaban J connectivity index is 1.44. The largest absolute Gasteiger partial charge is 0.329 e. The van der Waals surface area contributed by atoms with Crippen LogP contribution in [0.1, 0.15) is 6.04 Å². The average Bonchev–Trinajstić information content (AvgIpc) is 2.90. The van der Waals surface area contributed by atoms with Gasteiger partial charge in [0.1, 0.15) is 0 Å². The van der Waals surface area contributed by atoms with Crippen LogP contribution in [0.4, 0.5) is 4.79 Å². The van der Waals surface area contributed by atoms with E-state index in [1.54, 1.807) is 6.20 Å². The molecule has 0 spiro atoms. The van der Waals surface area contributed by atoms with Gasteiger partial charge in [-0.15, -0.1) is 0 Å². The zero-order valence-electron chi connectivity index (χ0n) is 9.95. The maximum absolute atomic E-state index is 11.4. The highest BCUT2D eigenvalue weighted by atomic mass is 16.2. The Morgan fingerprint density at radius 1 is 1.33 bits per heavy atom. The van der Waals surface area contributed by atoms with Crippen molar-refractivity contribution in [1.82, 2.24) is 24.9 Å². The summed E-state index contributed by atoms with van der Waals surface area (Å²) in [6, 6.07) is 2.06. The highest BCUT2D eigenvalue weighted by Crippen LogP contribution is 2.19. The predicted octanol–water partition coefficient (Wildman–Crippen LogP) is -0.708. The van der Waals surface area contributed by atoms with Crippen molar-refractivity contribution in [3.05, 3.63) is 18.5 Å². The van der Waals surface area contributed by atoms with E-state index in [4.69, 9.17) is 0 Å². The molecule has 0 atom stereocenters. The molecule has 3 amide bonds. The maximum Gasteiger partial charge on any atom is 0.324 e. The molecule has 1 N–H and O–H groups in total. The lowest BCUT2D eigenvalue weighted by Crippen LogP contribution is -2.51. The fourth-order valence-corrected chi connectivity index (χ4v) is 2.31. The van der Waals surface area contributed by atoms with E-state index < -0.39 is 0 Å².